The van der Waals surface area contributed by atoms with Gasteiger partial charge in [-0.3, -0.25) is 29.1 Å². The van der Waals surface area contributed by atoms with Gasteiger partial charge in [0.15, 0.2) is 34.4 Å². The number of pyridine rings is 2. The van der Waals surface area contributed by atoms with E-state index in [4.69, 9.17) is 60.6 Å². The first-order valence-corrected chi connectivity index (χ1v) is 30.8. The van der Waals surface area contributed by atoms with Crippen LogP contribution in [0.15, 0.2) is 77.8 Å². The second-order valence-electron chi connectivity index (χ2n) is 17.5. The first kappa shape index (κ1) is 66.8. The second-order valence-corrected chi connectivity index (χ2v) is 29.1. The number of aromatic nitrogens is 8. The lowest BCUT2D eigenvalue weighted by Crippen LogP contribution is -2.34. The number of hydrogen-bond donors (Lipinski definition) is 5. The van der Waals surface area contributed by atoms with Crippen LogP contribution in [-0.2, 0) is 29.6 Å². The van der Waals surface area contributed by atoms with Gasteiger partial charge in [0.1, 0.15) is 21.4 Å². The van der Waals surface area contributed by atoms with E-state index in [1.165, 1.54) is 7.11 Å². The van der Waals surface area contributed by atoms with Gasteiger partial charge < -0.3 is 19.3 Å². The van der Waals surface area contributed by atoms with Gasteiger partial charge in [-0.15, -0.1) is 47.3 Å². The fourth-order valence-corrected chi connectivity index (χ4v) is 10.8. The number of ketones is 2. The second kappa shape index (κ2) is 29.2. The lowest BCUT2D eigenvalue weighted by atomic mass is 9.82. The molecule has 0 unspecified atom stereocenters. The van der Waals surface area contributed by atoms with Crippen LogP contribution in [-0.4, -0.2) is 96.4 Å². The third-order valence-electron chi connectivity index (χ3n) is 11.8. The molecular formula is C45H40BBr3Cl4F4N10O14S2. The van der Waals surface area contributed by atoms with E-state index in [2.05, 4.69) is 76.9 Å². The van der Waals surface area contributed by atoms with Gasteiger partial charge in [0.05, 0.1) is 64.1 Å². The topological polar surface area (TPSA) is 336 Å². The van der Waals surface area contributed by atoms with Crippen molar-refractivity contribution in [3.05, 3.63) is 122 Å². The molecule has 4 aromatic heterocycles. The van der Waals surface area contributed by atoms with E-state index in [9.17, 15) is 68.3 Å². The molecule has 2 fully saturated rings. The molecule has 4 heterocycles. The SMILES string of the molecule is BrB(Br)Br.COc1cnc(Oc2c(Cl)cc(-n3nc(C(F)F)c(=O)[nH]c3=O)cc2Cl)cc1S(=O)(=O)NCC(=O)CC1CCC1.O=C(CNS(=O)(=O)c1cc(Oc2c(Cl)cc(-n3nc(C(F)F)c(=O)[nH]c3=O)cc2Cl)ncc1O)CC1CCC1. The Kier molecular flexibility index (Phi) is 23.5. The summed E-state index contributed by atoms with van der Waals surface area (Å²) in [6, 6.07) is 6.23. The fourth-order valence-electron chi connectivity index (χ4n) is 7.40. The number of benzene rings is 2. The van der Waals surface area contributed by atoms with Crippen LogP contribution in [0.5, 0.6) is 34.8 Å². The van der Waals surface area contributed by atoms with Crippen molar-refractivity contribution in [2.24, 2.45) is 11.8 Å². The van der Waals surface area contributed by atoms with Crippen molar-refractivity contribution in [3.8, 4) is 46.1 Å². The maximum atomic E-state index is 13.1. The number of carbonyl (C=O) groups excluding carboxylic acids is 2. The Morgan fingerprint density at radius 2 is 1.04 bits per heavy atom. The molecule has 0 spiro atoms. The van der Waals surface area contributed by atoms with Crippen LogP contribution in [0.2, 0.25) is 20.1 Å². The first-order valence-electron chi connectivity index (χ1n) is 23.5. The van der Waals surface area contributed by atoms with Crippen molar-refractivity contribution in [3.63, 3.8) is 0 Å². The molecule has 0 aliphatic heterocycles. The molecule has 0 atom stereocenters. The summed E-state index contributed by atoms with van der Waals surface area (Å²) in [5.74, 6) is -1.98. The summed E-state index contributed by atoms with van der Waals surface area (Å²) in [5.41, 5.74) is -7.74. The number of aromatic hydroxyl groups is 1. The summed E-state index contributed by atoms with van der Waals surface area (Å²) in [6.45, 7) is -0.855. The molecule has 0 amide bonds. The number of nitrogens with one attached hydrogen (secondary N) is 4. The monoisotopic (exact) mass is 1470 g/mol. The summed E-state index contributed by atoms with van der Waals surface area (Å²) >= 11 is 34.2. The van der Waals surface area contributed by atoms with Crippen LogP contribution in [0.4, 0.5) is 17.6 Å². The van der Waals surface area contributed by atoms with Gasteiger partial charge in [0, 0.05) is 25.0 Å². The molecule has 2 aliphatic carbocycles. The number of H-pyrrole nitrogens is 2. The van der Waals surface area contributed by atoms with Crippen LogP contribution in [0.25, 0.3) is 11.4 Å². The van der Waals surface area contributed by atoms with Gasteiger partial charge >= 0.3 is 14.6 Å². The number of alkyl halides is 4. The van der Waals surface area contributed by atoms with Gasteiger partial charge in [0.2, 0.25) is 31.8 Å². The van der Waals surface area contributed by atoms with Gasteiger partial charge in [-0.05, 0) is 36.1 Å². The quantitative estimate of drug-likeness (QED) is 0.0332. The molecule has 2 saturated carbocycles. The average Bonchev–Trinajstić information content (AvgIpc) is 3.47. The zero-order chi connectivity index (χ0) is 61.2. The van der Waals surface area contributed by atoms with Crippen molar-refractivity contribution in [2.75, 3.05) is 20.2 Å². The zero-order valence-electron chi connectivity index (χ0n) is 42.0. The van der Waals surface area contributed by atoms with Crippen LogP contribution in [0, 0.1) is 11.8 Å². The van der Waals surface area contributed by atoms with Crippen molar-refractivity contribution in [1.82, 2.24) is 48.9 Å². The molecule has 38 heteroatoms. The average molecular weight is 1480 g/mol. The highest BCUT2D eigenvalue weighted by Crippen LogP contribution is 2.41. The highest BCUT2D eigenvalue weighted by molar-refractivity contribution is 9.69. The number of Topliss-reactive ketones (excluding diaryl/α,β-unsaturated/α-hetero) is 2. The minimum Gasteiger partial charge on any atom is -0.505 e. The minimum absolute atomic E-state index is 0.128. The summed E-state index contributed by atoms with van der Waals surface area (Å²) in [7, 11) is -7.36. The summed E-state index contributed by atoms with van der Waals surface area (Å²) < 4.78 is 125. The predicted molar refractivity (Wildman–Crippen MR) is 305 cm³/mol. The van der Waals surface area contributed by atoms with E-state index in [-0.39, 0.29) is 98.4 Å². The smallest absolute Gasteiger partial charge is 0.369 e. The number of aromatic amines is 2. The third-order valence-corrected chi connectivity index (χ3v) is 15.8. The molecule has 446 valence electrons. The number of nitrogens with zero attached hydrogens (tertiary/aromatic N) is 6. The van der Waals surface area contributed by atoms with Gasteiger partial charge in [-0.2, -0.15) is 19.6 Å². The highest BCUT2D eigenvalue weighted by Gasteiger charge is 2.28. The number of hydrogen-bond acceptors (Lipinski definition) is 18. The van der Waals surface area contributed by atoms with E-state index in [1.54, 1.807) is 9.97 Å². The fraction of sp³-hybridized carbons (Fsp3) is 0.333. The van der Waals surface area contributed by atoms with Gasteiger partial charge in [0.25, 0.3) is 24.0 Å². The number of halogens is 11. The Morgan fingerprint density at radius 1 is 0.675 bits per heavy atom. The van der Waals surface area contributed by atoms with E-state index in [0.29, 0.717) is 15.8 Å². The molecule has 24 nitrogen and oxygen atoms in total. The number of ether oxygens (including phenoxy) is 3. The molecule has 8 rings (SSSR count). The third kappa shape index (κ3) is 17.9. The Balaban J connectivity index is 0.000000250. The maximum Gasteiger partial charge on any atom is 0.369 e. The highest BCUT2D eigenvalue weighted by atomic mass is 79.9. The Bertz CT molecular complexity index is 3860. The molecule has 0 radical (unpaired) electrons. The number of carbonyl (C=O) groups is 2. The van der Waals surface area contributed by atoms with E-state index in [1.807, 2.05) is 0 Å². The van der Waals surface area contributed by atoms with Crippen molar-refractivity contribution in [2.45, 2.75) is 74.0 Å². The lowest BCUT2D eigenvalue weighted by Gasteiger charge is -2.24. The van der Waals surface area contributed by atoms with Crippen LogP contribution in [0.1, 0.15) is 75.6 Å². The molecular weight excluding hydrogens is 1440 g/mol. The van der Waals surface area contributed by atoms with Crippen molar-refractivity contribution < 1.29 is 63.3 Å². The lowest BCUT2D eigenvalue weighted by molar-refractivity contribution is -0.120. The Morgan fingerprint density at radius 3 is 1.39 bits per heavy atom. The molecule has 83 heavy (non-hydrogen) atoms. The standard InChI is InChI=1S/C23H21Cl2F2N5O7S.C22H19Cl2F2N5O7S.BBr3/c1-38-16-10-28-18(8-17(16)40(36,37)29-9-13(33)5-11-3-2-4-11)39-20-14(24)6-12(7-15(20)25)32-23(35)30-22(34)19(31-32)21(26)27;23-13-5-11(31-22(35)29-21(34)18(30-31)20(25)26)6-14(24)19(13)38-17-7-16(15(33)9-27-17)39(36,37)28-8-12(32)4-10-2-1-3-10;2-1(3)4/h6-8,10-11,21,29H,2-5,9H2,1H3,(H,30,34,35);5-7,9-10,20,28,33H,1-4,8H2,(H,29,34,35);. The Hall–Kier alpha value is -5.30. The van der Waals surface area contributed by atoms with E-state index >= 15 is 0 Å². The number of rotatable bonds is 21. The largest absolute Gasteiger partial charge is 0.505 e. The van der Waals surface area contributed by atoms with Crippen molar-refractivity contribution in [1.29, 1.82) is 0 Å². The zero-order valence-corrected chi connectivity index (χ0v) is 51.4. The summed E-state index contributed by atoms with van der Waals surface area (Å²) in [5, 5.41) is 15.8. The maximum absolute atomic E-state index is 13.1. The summed E-state index contributed by atoms with van der Waals surface area (Å²) in [4.78, 5) is 81.8. The molecule has 5 N–H and O–H groups in total. The van der Waals surface area contributed by atoms with Crippen LogP contribution < -0.4 is 46.2 Å². The number of sulfonamides is 2. The molecule has 0 saturated heterocycles. The minimum atomic E-state index is -4.35. The predicted octanol–water partition coefficient (Wildman–Crippen LogP) is 8.65. The molecule has 2 aliphatic rings. The first-order chi connectivity index (χ1) is 39.0. The molecule has 0 bridgehead atoms. The van der Waals surface area contributed by atoms with Gasteiger partial charge in [-0.1, -0.05) is 84.9 Å². The molecule has 6 aromatic rings. The van der Waals surface area contributed by atoms with Crippen molar-refractivity contribution >= 4 is 128 Å². The Labute approximate surface area is 511 Å². The van der Waals surface area contributed by atoms with Gasteiger partial charge in [-0.25, -0.2) is 63.4 Å². The van der Waals surface area contributed by atoms with E-state index in [0.717, 1.165) is 87.3 Å². The van der Waals surface area contributed by atoms with Crippen LogP contribution >= 0.6 is 93.7 Å². The summed E-state index contributed by atoms with van der Waals surface area (Å²) in [6.07, 6.45) is 1.72. The number of methoxy groups -OCH3 is 1. The van der Waals surface area contributed by atoms with Crippen LogP contribution in [0.3, 0.4) is 0 Å². The molecule has 2 aromatic carbocycles. The normalized spacial score (nSPS) is 13.5. The van der Waals surface area contributed by atoms with E-state index < -0.39 is 90.5 Å².